The molecule has 58 valence electrons. The third kappa shape index (κ3) is 2.42. The molecule has 11 heavy (non-hydrogen) atoms. The SMILES string of the molecule is CC(C#N)CCn1cccn1. The quantitative estimate of drug-likeness (QED) is 0.652. The second kappa shape index (κ2) is 3.77. The summed E-state index contributed by atoms with van der Waals surface area (Å²) in [6.07, 6.45) is 4.53. The van der Waals surface area contributed by atoms with Gasteiger partial charge in [0, 0.05) is 24.9 Å². The van der Waals surface area contributed by atoms with Crippen LogP contribution >= 0.6 is 0 Å². The molecule has 3 nitrogen and oxygen atoms in total. The van der Waals surface area contributed by atoms with E-state index in [-0.39, 0.29) is 5.92 Å². The van der Waals surface area contributed by atoms with Gasteiger partial charge in [0.25, 0.3) is 0 Å². The number of nitrogens with zero attached hydrogens (tertiary/aromatic N) is 3. The fourth-order valence-corrected chi connectivity index (χ4v) is 0.823. The lowest BCUT2D eigenvalue weighted by Crippen LogP contribution is -2.02. The van der Waals surface area contributed by atoms with Gasteiger partial charge in [-0.15, -0.1) is 0 Å². The van der Waals surface area contributed by atoms with Gasteiger partial charge in [-0.05, 0) is 19.4 Å². The van der Waals surface area contributed by atoms with Crippen molar-refractivity contribution in [2.24, 2.45) is 5.92 Å². The molecule has 0 fully saturated rings. The van der Waals surface area contributed by atoms with Crippen LogP contribution in [-0.2, 0) is 6.54 Å². The van der Waals surface area contributed by atoms with Crippen LogP contribution in [0.25, 0.3) is 0 Å². The Kier molecular flexibility index (Phi) is 2.67. The fraction of sp³-hybridized carbons (Fsp3) is 0.500. The van der Waals surface area contributed by atoms with Crippen LogP contribution in [0.3, 0.4) is 0 Å². The first kappa shape index (κ1) is 7.80. The lowest BCUT2D eigenvalue weighted by atomic mass is 10.1. The van der Waals surface area contributed by atoms with Crippen molar-refractivity contribution in [1.82, 2.24) is 9.78 Å². The molecule has 1 unspecified atom stereocenters. The van der Waals surface area contributed by atoms with Crippen molar-refractivity contribution in [2.75, 3.05) is 0 Å². The van der Waals surface area contributed by atoms with Crippen molar-refractivity contribution in [3.05, 3.63) is 18.5 Å². The van der Waals surface area contributed by atoms with E-state index in [9.17, 15) is 0 Å². The predicted octanol–water partition coefficient (Wildman–Crippen LogP) is 1.43. The summed E-state index contributed by atoms with van der Waals surface area (Å²) in [5.74, 6) is 0.124. The molecule has 0 radical (unpaired) electrons. The monoisotopic (exact) mass is 149 g/mol. The largest absolute Gasteiger partial charge is 0.273 e. The number of aryl methyl sites for hydroxylation is 1. The molecule has 0 aliphatic carbocycles. The molecule has 0 amide bonds. The van der Waals surface area contributed by atoms with Gasteiger partial charge in [-0.3, -0.25) is 4.68 Å². The molecule has 1 atom stereocenters. The third-order valence-electron chi connectivity index (χ3n) is 1.57. The first-order chi connectivity index (χ1) is 5.33. The van der Waals surface area contributed by atoms with Crippen molar-refractivity contribution < 1.29 is 0 Å². The lowest BCUT2D eigenvalue weighted by molar-refractivity contribution is 0.522. The van der Waals surface area contributed by atoms with Crippen LogP contribution in [-0.4, -0.2) is 9.78 Å². The van der Waals surface area contributed by atoms with E-state index >= 15 is 0 Å². The van der Waals surface area contributed by atoms with Crippen LogP contribution in [0.4, 0.5) is 0 Å². The summed E-state index contributed by atoms with van der Waals surface area (Å²) in [5.41, 5.74) is 0. The molecule has 0 bridgehead atoms. The maximum absolute atomic E-state index is 8.48. The Hall–Kier alpha value is -1.30. The summed E-state index contributed by atoms with van der Waals surface area (Å²) in [5, 5.41) is 12.5. The molecule has 0 aromatic carbocycles. The fourth-order valence-electron chi connectivity index (χ4n) is 0.823. The van der Waals surface area contributed by atoms with Crippen LogP contribution in [0.15, 0.2) is 18.5 Å². The van der Waals surface area contributed by atoms with Gasteiger partial charge in [0.05, 0.1) is 6.07 Å². The molecule has 0 saturated carbocycles. The second-order valence-corrected chi connectivity index (χ2v) is 2.59. The topological polar surface area (TPSA) is 41.6 Å². The Morgan fingerprint density at radius 2 is 2.55 bits per heavy atom. The third-order valence-corrected chi connectivity index (χ3v) is 1.57. The van der Waals surface area contributed by atoms with Gasteiger partial charge < -0.3 is 0 Å². The molecular formula is C8H11N3. The highest BCUT2D eigenvalue weighted by atomic mass is 15.3. The first-order valence-electron chi connectivity index (χ1n) is 3.70. The Labute approximate surface area is 66.3 Å². The molecule has 3 heteroatoms. The van der Waals surface area contributed by atoms with Crippen LogP contribution in [0.2, 0.25) is 0 Å². The minimum Gasteiger partial charge on any atom is -0.273 e. The van der Waals surface area contributed by atoms with Crippen LogP contribution in [0.1, 0.15) is 13.3 Å². The van der Waals surface area contributed by atoms with E-state index in [0.29, 0.717) is 0 Å². The van der Waals surface area contributed by atoms with Gasteiger partial charge in [0.15, 0.2) is 0 Å². The average Bonchev–Trinajstić information content (AvgIpc) is 2.52. The summed E-state index contributed by atoms with van der Waals surface area (Å²) < 4.78 is 1.84. The Bertz CT molecular complexity index is 232. The molecule has 1 aromatic heterocycles. The predicted molar refractivity (Wildman–Crippen MR) is 41.6 cm³/mol. The average molecular weight is 149 g/mol. The van der Waals surface area contributed by atoms with Crippen molar-refractivity contribution in [3.8, 4) is 6.07 Å². The smallest absolute Gasteiger partial charge is 0.0653 e. The molecule has 1 aromatic rings. The summed E-state index contributed by atoms with van der Waals surface area (Å²) in [6, 6.07) is 4.07. The Balaban J connectivity index is 2.30. The van der Waals surface area contributed by atoms with Gasteiger partial charge in [-0.1, -0.05) is 0 Å². The van der Waals surface area contributed by atoms with Gasteiger partial charge in [-0.2, -0.15) is 10.4 Å². The molecule has 0 aliphatic rings. The summed E-state index contributed by atoms with van der Waals surface area (Å²) in [6.45, 7) is 2.76. The Morgan fingerprint density at radius 1 is 1.73 bits per heavy atom. The van der Waals surface area contributed by atoms with Crippen LogP contribution < -0.4 is 0 Å². The minimum absolute atomic E-state index is 0.124. The number of aromatic nitrogens is 2. The highest BCUT2D eigenvalue weighted by molar-refractivity contribution is 4.81. The molecule has 0 aliphatic heterocycles. The van der Waals surface area contributed by atoms with E-state index in [1.165, 1.54) is 0 Å². The lowest BCUT2D eigenvalue weighted by Gasteiger charge is -2.01. The molecular weight excluding hydrogens is 138 g/mol. The van der Waals surface area contributed by atoms with E-state index in [4.69, 9.17) is 5.26 Å². The standard InChI is InChI=1S/C8H11N3/c1-8(7-9)3-6-11-5-2-4-10-11/h2,4-5,8H,3,6H2,1H3. The molecule has 1 rings (SSSR count). The van der Waals surface area contributed by atoms with E-state index in [0.717, 1.165) is 13.0 Å². The van der Waals surface area contributed by atoms with Crippen molar-refractivity contribution in [2.45, 2.75) is 19.9 Å². The van der Waals surface area contributed by atoms with Crippen LogP contribution in [0.5, 0.6) is 0 Å². The first-order valence-corrected chi connectivity index (χ1v) is 3.70. The molecule has 0 N–H and O–H groups in total. The van der Waals surface area contributed by atoms with E-state index in [1.807, 2.05) is 23.9 Å². The highest BCUT2D eigenvalue weighted by Crippen LogP contribution is 2.00. The van der Waals surface area contributed by atoms with E-state index in [2.05, 4.69) is 11.2 Å². The van der Waals surface area contributed by atoms with Gasteiger partial charge >= 0.3 is 0 Å². The van der Waals surface area contributed by atoms with Crippen molar-refractivity contribution in [3.63, 3.8) is 0 Å². The molecule has 1 heterocycles. The zero-order valence-electron chi connectivity index (χ0n) is 6.57. The second-order valence-electron chi connectivity index (χ2n) is 2.59. The van der Waals surface area contributed by atoms with Gasteiger partial charge in [-0.25, -0.2) is 0 Å². The van der Waals surface area contributed by atoms with E-state index < -0.39 is 0 Å². The van der Waals surface area contributed by atoms with Gasteiger partial charge in [0.1, 0.15) is 0 Å². The number of hydrogen-bond donors (Lipinski definition) is 0. The Morgan fingerprint density at radius 3 is 3.09 bits per heavy atom. The number of rotatable bonds is 3. The maximum atomic E-state index is 8.48. The van der Waals surface area contributed by atoms with Crippen molar-refractivity contribution in [1.29, 1.82) is 5.26 Å². The van der Waals surface area contributed by atoms with E-state index in [1.54, 1.807) is 6.20 Å². The number of hydrogen-bond acceptors (Lipinski definition) is 2. The molecule has 0 spiro atoms. The van der Waals surface area contributed by atoms with Crippen molar-refractivity contribution >= 4 is 0 Å². The zero-order valence-corrected chi connectivity index (χ0v) is 6.57. The summed E-state index contributed by atoms with van der Waals surface area (Å²) >= 11 is 0. The summed E-state index contributed by atoms with van der Waals surface area (Å²) in [4.78, 5) is 0. The number of nitriles is 1. The molecule has 0 saturated heterocycles. The van der Waals surface area contributed by atoms with Crippen LogP contribution in [0, 0.1) is 17.2 Å². The normalized spacial score (nSPS) is 12.4. The van der Waals surface area contributed by atoms with Gasteiger partial charge in [0.2, 0.25) is 0 Å². The summed E-state index contributed by atoms with van der Waals surface area (Å²) in [7, 11) is 0. The maximum Gasteiger partial charge on any atom is 0.0653 e. The minimum atomic E-state index is 0.124. The zero-order chi connectivity index (χ0) is 8.10. The highest BCUT2D eigenvalue weighted by Gasteiger charge is 1.98.